The fourth-order valence-corrected chi connectivity index (χ4v) is 4.37. The molecule has 0 amide bonds. The summed E-state index contributed by atoms with van der Waals surface area (Å²) in [5, 5.41) is 1.15. The highest BCUT2D eigenvalue weighted by molar-refractivity contribution is 5.86. The molecule has 1 N–H and O–H groups in total. The Morgan fingerprint density at radius 2 is 2.03 bits per heavy atom. The van der Waals surface area contributed by atoms with Crippen molar-refractivity contribution in [2.24, 2.45) is 0 Å². The van der Waals surface area contributed by atoms with Crippen LogP contribution in [0.25, 0.3) is 27.6 Å². The summed E-state index contributed by atoms with van der Waals surface area (Å²) in [7, 11) is 2.17. The van der Waals surface area contributed by atoms with Crippen LogP contribution in [0.2, 0.25) is 0 Å². The molecule has 2 aromatic carbocycles. The number of rotatable bonds is 3. The van der Waals surface area contributed by atoms with Gasteiger partial charge in [0.15, 0.2) is 0 Å². The first-order valence-electron chi connectivity index (χ1n) is 9.75. The van der Waals surface area contributed by atoms with Crippen LogP contribution >= 0.6 is 0 Å². The number of aromatic amines is 1. The Labute approximate surface area is 166 Å². The minimum atomic E-state index is -4.37. The molecule has 0 bridgehead atoms. The predicted molar refractivity (Wildman–Crippen MR) is 107 cm³/mol. The fraction of sp³-hybridized carbons (Fsp3) is 0.318. The van der Waals surface area contributed by atoms with Gasteiger partial charge in [-0.3, -0.25) is 4.57 Å². The lowest BCUT2D eigenvalue weighted by Crippen LogP contribution is -2.26. The molecule has 0 radical (unpaired) electrons. The summed E-state index contributed by atoms with van der Waals surface area (Å²) in [6, 6.07) is 10.3. The maximum atomic E-state index is 13.0. The van der Waals surface area contributed by atoms with Crippen LogP contribution in [0, 0.1) is 0 Å². The Kier molecular flexibility index (Phi) is 4.17. The molecule has 7 heteroatoms. The third kappa shape index (κ3) is 3.19. The van der Waals surface area contributed by atoms with E-state index in [2.05, 4.69) is 34.2 Å². The largest absolute Gasteiger partial charge is 0.416 e. The first-order chi connectivity index (χ1) is 13.9. The standard InChI is InChI=1S/C22H21F3N4/c1-28-8-2-3-16(28)9-14-12-26-19-6-5-17(11-18(14)19)29-13-27-20-10-15(22(23,24)25)4-7-21(20)29/h4-7,10-13,16,26H,2-3,8-9H2,1H3/t16-/m1/s1. The number of fused-ring (bicyclic) bond motifs is 2. The van der Waals surface area contributed by atoms with Gasteiger partial charge >= 0.3 is 6.18 Å². The third-order valence-corrected chi connectivity index (χ3v) is 6.03. The lowest BCUT2D eigenvalue weighted by Gasteiger charge is -2.18. The number of likely N-dealkylation sites (N-methyl/N-ethyl adjacent to an activating group) is 1. The van der Waals surface area contributed by atoms with E-state index in [0.29, 0.717) is 17.1 Å². The quantitative estimate of drug-likeness (QED) is 0.517. The van der Waals surface area contributed by atoms with Gasteiger partial charge in [-0.15, -0.1) is 0 Å². The smallest absolute Gasteiger partial charge is 0.361 e. The maximum absolute atomic E-state index is 13.0. The summed E-state index contributed by atoms with van der Waals surface area (Å²) < 4.78 is 40.8. The molecule has 1 aliphatic rings. The van der Waals surface area contributed by atoms with Crippen molar-refractivity contribution in [3.05, 3.63) is 60.0 Å². The number of alkyl halides is 3. The van der Waals surface area contributed by atoms with Gasteiger partial charge in [-0.05, 0) is 74.8 Å². The highest BCUT2D eigenvalue weighted by atomic mass is 19.4. The van der Waals surface area contributed by atoms with Gasteiger partial charge in [0.1, 0.15) is 6.33 Å². The molecule has 1 atom stereocenters. The number of nitrogens with zero attached hydrogens (tertiary/aromatic N) is 3. The van der Waals surface area contributed by atoms with Crippen LogP contribution in [0.1, 0.15) is 24.0 Å². The SMILES string of the molecule is CN1CCC[C@@H]1Cc1c[nH]c2ccc(-n3cnc4cc(C(F)(F)F)ccc43)cc12. The van der Waals surface area contributed by atoms with Gasteiger partial charge in [0.2, 0.25) is 0 Å². The number of nitrogens with one attached hydrogen (secondary N) is 1. The van der Waals surface area contributed by atoms with E-state index >= 15 is 0 Å². The van der Waals surface area contributed by atoms with E-state index in [1.165, 1.54) is 24.5 Å². The van der Waals surface area contributed by atoms with Crippen molar-refractivity contribution in [3.63, 3.8) is 0 Å². The van der Waals surface area contributed by atoms with Crippen LogP contribution in [-0.4, -0.2) is 39.1 Å². The van der Waals surface area contributed by atoms with Crippen molar-refractivity contribution >= 4 is 21.9 Å². The predicted octanol–water partition coefficient (Wildman–Crippen LogP) is 5.16. The Morgan fingerprint density at radius 1 is 1.17 bits per heavy atom. The second-order valence-electron chi connectivity index (χ2n) is 7.84. The zero-order valence-corrected chi connectivity index (χ0v) is 16.0. The van der Waals surface area contributed by atoms with Crippen LogP contribution in [0.3, 0.4) is 0 Å². The Bertz CT molecular complexity index is 1190. The number of benzene rings is 2. The van der Waals surface area contributed by atoms with Crippen molar-refractivity contribution < 1.29 is 13.2 Å². The number of hydrogen-bond acceptors (Lipinski definition) is 2. The molecule has 29 heavy (non-hydrogen) atoms. The average molecular weight is 398 g/mol. The van der Waals surface area contributed by atoms with E-state index in [-0.39, 0.29) is 0 Å². The number of likely N-dealkylation sites (tertiary alicyclic amines) is 1. The zero-order chi connectivity index (χ0) is 20.2. The fourth-order valence-electron chi connectivity index (χ4n) is 4.37. The Hall–Kier alpha value is -2.80. The molecule has 0 aliphatic carbocycles. The van der Waals surface area contributed by atoms with Crippen molar-refractivity contribution in [2.75, 3.05) is 13.6 Å². The summed E-state index contributed by atoms with van der Waals surface area (Å²) >= 11 is 0. The molecule has 5 rings (SSSR count). The number of imidazole rings is 1. The minimum absolute atomic E-state index is 0.335. The average Bonchev–Trinajstić information content (AvgIpc) is 3.40. The van der Waals surface area contributed by atoms with Crippen LogP contribution in [-0.2, 0) is 12.6 Å². The van der Waals surface area contributed by atoms with Gasteiger partial charge < -0.3 is 9.88 Å². The Morgan fingerprint density at radius 3 is 2.79 bits per heavy atom. The topological polar surface area (TPSA) is 36.9 Å². The first-order valence-corrected chi connectivity index (χ1v) is 9.75. The van der Waals surface area contributed by atoms with E-state index in [1.54, 1.807) is 6.33 Å². The molecule has 1 aliphatic heterocycles. The molecular weight excluding hydrogens is 377 g/mol. The molecule has 0 spiro atoms. The van der Waals surface area contributed by atoms with E-state index < -0.39 is 11.7 Å². The normalized spacial score (nSPS) is 18.3. The van der Waals surface area contributed by atoms with Crippen LogP contribution in [0.15, 0.2) is 48.9 Å². The van der Waals surface area contributed by atoms with Gasteiger partial charge in [0.25, 0.3) is 0 Å². The van der Waals surface area contributed by atoms with Crippen LogP contribution < -0.4 is 0 Å². The number of aromatic nitrogens is 3. The van der Waals surface area contributed by atoms with Gasteiger partial charge in [-0.25, -0.2) is 4.98 Å². The lowest BCUT2D eigenvalue weighted by molar-refractivity contribution is -0.137. The summed E-state index contributed by atoms with van der Waals surface area (Å²) in [5.74, 6) is 0. The van der Waals surface area contributed by atoms with E-state index in [4.69, 9.17) is 0 Å². The van der Waals surface area contributed by atoms with Crippen LogP contribution in [0.5, 0.6) is 0 Å². The number of halogens is 3. The monoisotopic (exact) mass is 398 g/mol. The van der Waals surface area contributed by atoms with Gasteiger partial charge in [0, 0.05) is 28.8 Å². The van der Waals surface area contributed by atoms with E-state index in [1.807, 2.05) is 16.7 Å². The van der Waals surface area contributed by atoms with Crippen molar-refractivity contribution in [1.82, 2.24) is 19.4 Å². The molecule has 0 saturated carbocycles. The molecule has 0 unspecified atom stereocenters. The highest BCUT2D eigenvalue weighted by Gasteiger charge is 2.31. The van der Waals surface area contributed by atoms with Crippen molar-refractivity contribution in [1.29, 1.82) is 0 Å². The van der Waals surface area contributed by atoms with Crippen molar-refractivity contribution in [2.45, 2.75) is 31.5 Å². The molecule has 1 fully saturated rings. The summed E-state index contributed by atoms with van der Waals surface area (Å²) in [4.78, 5) is 9.95. The van der Waals surface area contributed by atoms with Crippen molar-refractivity contribution in [3.8, 4) is 5.69 Å². The molecule has 4 nitrogen and oxygen atoms in total. The molecule has 3 heterocycles. The zero-order valence-electron chi connectivity index (χ0n) is 16.0. The third-order valence-electron chi connectivity index (χ3n) is 6.03. The number of H-pyrrole nitrogens is 1. The minimum Gasteiger partial charge on any atom is -0.361 e. The molecular formula is C22H21F3N4. The van der Waals surface area contributed by atoms with E-state index in [9.17, 15) is 13.2 Å². The van der Waals surface area contributed by atoms with Gasteiger partial charge in [-0.2, -0.15) is 13.2 Å². The second kappa shape index (κ2) is 6.62. The van der Waals surface area contributed by atoms with Gasteiger partial charge in [-0.1, -0.05) is 0 Å². The maximum Gasteiger partial charge on any atom is 0.416 e. The highest BCUT2D eigenvalue weighted by Crippen LogP contribution is 2.32. The molecule has 2 aromatic heterocycles. The molecule has 1 saturated heterocycles. The summed E-state index contributed by atoms with van der Waals surface area (Å²) in [6.45, 7) is 1.14. The summed E-state index contributed by atoms with van der Waals surface area (Å²) in [6.07, 6.45) is 2.71. The lowest BCUT2D eigenvalue weighted by atomic mass is 10.0. The van der Waals surface area contributed by atoms with Crippen LogP contribution in [0.4, 0.5) is 13.2 Å². The molecule has 4 aromatic rings. The van der Waals surface area contributed by atoms with Gasteiger partial charge in [0.05, 0.1) is 16.6 Å². The second-order valence-corrected chi connectivity index (χ2v) is 7.84. The number of hydrogen-bond donors (Lipinski definition) is 1. The summed E-state index contributed by atoms with van der Waals surface area (Å²) in [5.41, 5.74) is 3.53. The Balaban J connectivity index is 1.54. The first kappa shape index (κ1) is 18.2. The molecule has 150 valence electrons. The van der Waals surface area contributed by atoms with E-state index in [0.717, 1.165) is 41.7 Å².